The normalized spacial score (nSPS) is 17.8. The first kappa shape index (κ1) is 18.4. The summed E-state index contributed by atoms with van der Waals surface area (Å²) in [5, 5.41) is 2.73. The molecule has 126 valence electrons. The van der Waals surface area contributed by atoms with Gasteiger partial charge >= 0.3 is 0 Å². The van der Waals surface area contributed by atoms with Gasteiger partial charge in [-0.15, -0.1) is 0 Å². The van der Waals surface area contributed by atoms with E-state index in [0.29, 0.717) is 39.1 Å². The number of hydrogen-bond donors (Lipinski definition) is 2. The molecular formula is C15H28N4O3. The molecule has 0 spiro atoms. The van der Waals surface area contributed by atoms with Crippen LogP contribution in [-0.2, 0) is 14.4 Å². The molecule has 1 fully saturated rings. The Morgan fingerprint density at radius 2 is 1.68 bits per heavy atom. The van der Waals surface area contributed by atoms with Crippen LogP contribution in [0.25, 0.3) is 0 Å². The van der Waals surface area contributed by atoms with Gasteiger partial charge < -0.3 is 20.9 Å². The van der Waals surface area contributed by atoms with Gasteiger partial charge in [0.25, 0.3) is 0 Å². The molecule has 0 aromatic carbocycles. The highest BCUT2D eigenvalue weighted by Gasteiger charge is 2.27. The Morgan fingerprint density at radius 1 is 1.14 bits per heavy atom. The molecule has 1 saturated heterocycles. The lowest BCUT2D eigenvalue weighted by atomic mass is 9.96. The first-order chi connectivity index (χ1) is 10.3. The fraction of sp³-hybridized carbons (Fsp3) is 0.800. The van der Waals surface area contributed by atoms with Crippen molar-refractivity contribution in [3.05, 3.63) is 0 Å². The van der Waals surface area contributed by atoms with E-state index in [9.17, 15) is 14.4 Å². The topological polar surface area (TPSA) is 95.7 Å². The maximum atomic E-state index is 12.1. The Labute approximate surface area is 132 Å². The van der Waals surface area contributed by atoms with Crippen LogP contribution in [0.5, 0.6) is 0 Å². The SMILES string of the molecule is CCCC(C)(N)C(=O)NCCC(=O)N1CCN(C(C)=O)CC1. The summed E-state index contributed by atoms with van der Waals surface area (Å²) in [6.45, 7) is 7.76. The van der Waals surface area contributed by atoms with Gasteiger partial charge in [0.05, 0.1) is 5.54 Å². The van der Waals surface area contributed by atoms with E-state index in [4.69, 9.17) is 5.73 Å². The van der Waals surface area contributed by atoms with Crippen molar-refractivity contribution >= 4 is 17.7 Å². The highest BCUT2D eigenvalue weighted by molar-refractivity contribution is 5.86. The van der Waals surface area contributed by atoms with Crippen LogP contribution in [0.1, 0.15) is 40.0 Å². The maximum absolute atomic E-state index is 12.1. The molecule has 0 aromatic heterocycles. The van der Waals surface area contributed by atoms with E-state index in [0.717, 1.165) is 6.42 Å². The molecule has 7 heteroatoms. The zero-order valence-electron chi connectivity index (χ0n) is 13.9. The van der Waals surface area contributed by atoms with Crippen molar-refractivity contribution in [3.8, 4) is 0 Å². The van der Waals surface area contributed by atoms with E-state index in [1.165, 1.54) is 6.92 Å². The van der Waals surface area contributed by atoms with E-state index in [2.05, 4.69) is 5.32 Å². The summed E-state index contributed by atoms with van der Waals surface area (Å²) < 4.78 is 0. The quantitative estimate of drug-likeness (QED) is 0.704. The van der Waals surface area contributed by atoms with Crippen LogP contribution in [0, 0.1) is 0 Å². The molecule has 1 heterocycles. The first-order valence-corrected chi connectivity index (χ1v) is 7.88. The molecule has 1 atom stereocenters. The average molecular weight is 312 g/mol. The average Bonchev–Trinajstić information content (AvgIpc) is 2.47. The molecule has 1 rings (SSSR count). The smallest absolute Gasteiger partial charge is 0.239 e. The van der Waals surface area contributed by atoms with Crippen LogP contribution in [0.4, 0.5) is 0 Å². The molecule has 0 bridgehead atoms. The minimum absolute atomic E-state index is 0.00211. The van der Waals surface area contributed by atoms with Gasteiger partial charge in [0.15, 0.2) is 0 Å². The summed E-state index contributed by atoms with van der Waals surface area (Å²) in [7, 11) is 0. The molecule has 0 aliphatic carbocycles. The number of hydrogen-bond acceptors (Lipinski definition) is 4. The molecule has 7 nitrogen and oxygen atoms in total. The minimum atomic E-state index is -0.884. The Bertz CT molecular complexity index is 415. The van der Waals surface area contributed by atoms with Gasteiger partial charge in [-0.1, -0.05) is 13.3 Å². The lowest BCUT2D eigenvalue weighted by Gasteiger charge is -2.34. The zero-order valence-corrected chi connectivity index (χ0v) is 13.9. The molecule has 0 aromatic rings. The fourth-order valence-corrected chi connectivity index (χ4v) is 2.55. The van der Waals surface area contributed by atoms with Crippen molar-refractivity contribution in [2.75, 3.05) is 32.7 Å². The molecule has 22 heavy (non-hydrogen) atoms. The largest absolute Gasteiger partial charge is 0.354 e. The predicted octanol–water partition coefficient (Wildman–Crippen LogP) is -0.299. The Balaban J connectivity index is 2.30. The molecule has 3 N–H and O–H groups in total. The summed E-state index contributed by atoms with van der Waals surface area (Å²) >= 11 is 0. The van der Waals surface area contributed by atoms with Crippen molar-refractivity contribution < 1.29 is 14.4 Å². The molecule has 1 aliphatic heterocycles. The molecule has 3 amide bonds. The lowest BCUT2D eigenvalue weighted by Crippen LogP contribution is -2.53. The van der Waals surface area contributed by atoms with Crippen molar-refractivity contribution in [3.63, 3.8) is 0 Å². The van der Waals surface area contributed by atoms with Crippen molar-refractivity contribution in [2.24, 2.45) is 5.73 Å². The van der Waals surface area contributed by atoms with Gasteiger partial charge in [-0.3, -0.25) is 14.4 Å². The van der Waals surface area contributed by atoms with Crippen molar-refractivity contribution in [1.29, 1.82) is 0 Å². The summed E-state index contributed by atoms with van der Waals surface area (Å²) in [6.07, 6.45) is 1.70. The van der Waals surface area contributed by atoms with E-state index in [1.54, 1.807) is 16.7 Å². The van der Waals surface area contributed by atoms with Crippen LogP contribution in [0.15, 0.2) is 0 Å². The number of nitrogens with two attached hydrogens (primary N) is 1. The number of piperazine rings is 1. The number of nitrogens with one attached hydrogen (secondary N) is 1. The third kappa shape index (κ3) is 5.29. The van der Waals surface area contributed by atoms with E-state index in [-0.39, 0.29) is 24.1 Å². The second-order valence-corrected chi connectivity index (χ2v) is 6.06. The van der Waals surface area contributed by atoms with Crippen LogP contribution < -0.4 is 11.1 Å². The number of carbonyl (C=O) groups is 3. The van der Waals surface area contributed by atoms with Gasteiger partial charge in [0.2, 0.25) is 17.7 Å². The van der Waals surface area contributed by atoms with E-state index in [1.807, 2.05) is 6.92 Å². The number of carbonyl (C=O) groups excluding carboxylic acids is 3. The number of nitrogens with zero attached hydrogens (tertiary/aromatic N) is 2. The summed E-state index contributed by atoms with van der Waals surface area (Å²) in [5.41, 5.74) is 5.05. The Morgan fingerprint density at radius 3 is 2.18 bits per heavy atom. The predicted molar refractivity (Wildman–Crippen MR) is 84.0 cm³/mol. The van der Waals surface area contributed by atoms with Crippen LogP contribution in [-0.4, -0.2) is 65.8 Å². The Hall–Kier alpha value is -1.63. The van der Waals surface area contributed by atoms with E-state index >= 15 is 0 Å². The second-order valence-electron chi connectivity index (χ2n) is 6.06. The molecule has 1 aliphatic rings. The monoisotopic (exact) mass is 312 g/mol. The Kier molecular flexibility index (Phi) is 6.80. The molecule has 0 radical (unpaired) electrons. The molecular weight excluding hydrogens is 284 g/mol. The van der Waals surface area contributed by atoms with Gasteiger partial charge in [0.1, 0.15) is 0 Å². The number of amides is 3. The summed E-state index contributed by atoms with van der Waals surface area (Å²) in [5.74, 6) is -0.182. The van der Waals surface area contributed by atoms with Gasteiger partial charge in [0, 0.05) is 46.1 Å². The van der Waals surface area contributed by atoms with Crippen LogP contribution in [0.3, 0.4) is 0 Å². The molecule has 0 saturated carbocycles. The van der Waals surface area contributed by atoms with Gasteiger partial charge in [-0.2, -0.15) is 0 Å². The third-order valence-corrected chi connectivity index (χ3v) is 3.99. The third-order valence-electron chi connectivity index (χ3n) is 3.99. The maximum Gasteiger partial charge on any atom is 0.239 e. The lowest BCUT2D eigenvalue weighted by molar-refractivity contribution is -0.138. The highest BCUT2D eigenvalue weighted by Crippen LogP contribution is 2.08. The minimum Gasteiger partial charge on any atom is -0.354 e. The number of rotatable bonds is 6. The van der Waals surface area contributed by atoms with Crippen LogP contribution >= 0.6 is 0 Å². The van der Waals surface area contributed by atoms with Crippen LogP contribution in [0.2, 0.25) is 0 Å². The summed E-state index contributed by atoms with van der Waals surface area (Å²) in [6, 6.07) is 0. The standard InChI is InChI=1S/C15H28N4O3/c1-4-6-15(3,16)14(22)17-7-5-13(21)19-10-8-18(9-11-19)12(2)20/h4-11,16H2,1-3H3,(H,17,22). The van der Waals surface area contributed by atoms with Gasteiger partial charge in [-0.05, 0) is 13.3 Å². The van der Waals surface area contributed by atoms with E-state index < -0.39 is 5.54 Å². The molecule has 1 unspecified atom stereocenters. The highest BCUT2D eigenvalue weighted by atomic mass is 16.2. The second kappa shape index (κ2) is 8.12. The zero-order chi connectivity index (χ0) is 16.8. The first-order valence-electron chi connectivity index (χ1n) is 7.88. The van der Waals surface area contributed by atoms with Gasteiger partial charge in [-0.25, -0.2) is 0 Å². The van der Waals surface area contributed by atoms with Crippen molar-refractivity contribution in [1.82, 2.24) is 15.1 Å². The summed E-state index contributed by atoms with van der Waals surface area (Å²) in [4.78, 5) is 38.7. The van der Waals surface area contributed by atoms with Crippen molar-refractivity contribution in [2.45, 2.75) is 45.6 Å². The fourth-order valence-electron chi connectivity index (χ4n) is 2.55.